The highest BCUT2D eigenvalue weighted by molar-refractivity contribution is 9.10. The minimum Gasteiger partial charge on any atom is -0.466 e. The molecule has 0 aromatic heterocycles. The van der Waals surface area contributed by atoms with Crippen molar-refractivity contribution in [2.45, 2.75) is 19.8 Å². The minimum absolute atomic E-state index is 0.237. The molecule has 0 N–H and O–H groups in total. The smallest absolute Gasteiger partial charge is 0.302 e. The molecule has 0 spiro atoms. The van der Waals surface area contributed by atoms with Crippen LogP contribution in [0.5, 0.6) is 0 Å². The van der Waals surface area contributed by atoms with Crippen molar-refractivity contribution in [2.24, 2.45) is 0 Å². The number of esters is 1. The van der Waals surface area contributed by atoms with E-state index in [1.54, 1.807) is 0 Å². The van der Waals surface area contributed by atoms with Gasteiger partial charge in [0.25, 0.3) is 0 Å². The van der Waals surface area contributed by atoms with E-state index < -0.39 is 0 Å². The van der Waals surface area contributed by atoms with Crippen LogP contribution in [0.15, 0.2) is 28.7 Å². The molecule has 1 aromatic carbocycles. The second-order valence-electron chi connectivity index (χ2n) is 3.23. The van der Waals surface area contributed by atoms with Gasteiger partial charge < -0.3 is 4.74 Å². The van der Waals surface area contributed by atoms with E-state index in [-0.39, 0.29) is 5.97 Å². The lowest BCUT2D eigenvalue weighted by Crippen LogP contribution is -1.99. The summed E-state index contributed by atoms with van der Waals surface area (Å²) < 4.78 is 5.80. The molecule has 1 rings (SSSR count). The average Bonchev–Trinajstić information content (AvgIpc) is 2.25. The fourth-order valence-corrected chi connectivity index (χ4v) is 1.48. The number of rotatable bonds is 3. The molecule has 0 unspecified atom stereocenters. The van der Waals surface area contributed by atoms with Gasteiger partial charge in [0.2, 0.25) is 0 Å². The van der Waals surface area contributed by atoms with E-state index in [1.165, 1.54) is 6.92 Å². The molecule has 0 heterocycles. The van der Waals surface area contributed by atoms with Crippen molar-refractivity contribution < 1.29 is 9.53 Å². The molecule has 0 atom stereocenters. The molecular formula is C13H13BrO2. The largest absolute Gasteiger partial charge is 0.466 e. The maximum Gasteiger partial charge on any atom is 0.302 e. The second-order valence-corrected chi connectivity index (χ2v) is 4.08. The summed E-state index contributed by atoms with van der Waals surface area (Å²) in [5, 5.41) is 0. The summed E-state index contributed by atoms with van der Waals surface area (Å²) in [4.78, 5) is 10.5. The number of carbonyl (C=O) groups is 1. The van der Waals surface area contributed by atoms with Crippen LogP contribution in [0.2, 0.25) is 0 Å². The Kier molecular flexibility index (Phi) is 5.66. The van der Waals surface area contributed by atoms with E-state index in [0.29, 0.717) is 6.61 Å². The van der Waals surface area contributed by atoms with Gasteiger partial charge in [-0.05, 0) is 34.5 Å². The summed E-state index contributed by atoms with van der Waals surface area (Å²) in [5.74, 6) is 5.87. The standard InChI is InChI=1S/C13H13BrO2/c1-11(15)16-10-6-2-3-7-12-8-4-5-9-13(12)14/h4-5,8-9H,2,6,10H2,1H3. The number of unbranched alkanes of at least 4 members (excludes halogenated alkanes) is 1. The van der Waals surface area contributed by atoms with E-state index in [9.17, 15) is 4.79 Å². The van der Waals surface area contributed by atoms with Crippen molar-refractivity contribution in [1.29, 1.82) is 0 Å². The molecule has 0 aliphatic rings. The predicted molar refractivity (Wildman–Crippen MR) is 66.9 cm³/mol. The number of hydrogen-bond acceptors (Lipinski definition) is 2. The third-order valence-corrected chi connectivity index (χ3v) is 2.54. The Bertz CT molecular complexity index is 415. The monoisotopic (exact) mass is 280 g/mol. The van der Waals surface area contributed by atoms with Crippen LogP contribution in [0.1, 0.15) is 25.3 Å². The lowest BCUT2D eigenvalue weighted by Gasteiger charge is -1.97. The van der Waals surface area contributed by atoms with Crippen LogP contribution in [0, 0.1) is 11.8 Å². The summed E-state index contributed by atoms with van der Waals surface area (Å²) in [6.07, 6.45) is 1.51. The average molecular weight is 281 g/mol. The van der Waals surface area contributed by atoms with Crippen molar-refractivity contribution in [3.05, 3.63) is 34.3 Å². The maximum atomic E-state index is 10.5. The Morgan fingerprint density at radius 3 is 2.88 bits per heavy atom. The third kappa shape index (κ3) is 4.99. The van der Waals surface area contributed by atoms with Gasteiger partial charge in [0.1, 0.15) is 0 Å². The van der Waals surface area contributed by atoms with Crippen LogP contribution < -0.4 is 0 Å². The number of benzene rings is 1. The molecule has 16 heavy (non-hydrogen) atoms. The lowest BCUT2D eigenvalue weighted by molar-refractivity contribution is -0.141. The summed E-state index contributed by atoms with van der Waals surface area (Å²) in [7, 11) is 0. The van der Waals surface area contributed by atoms with E-state index in [2.05, 4.69) is 27.8 Å². The Balaban J connectivity index is 2.33. The lowest BCUT2D eigenvalue weighted by atomic mass is 10.2. The second kappa shape index (κ2) is 7.08. The third-order valence-electron chi connectivity index (χ3n) is 1.85. The van der Waals surface area contributed by atoms with E-state index in [0.717, 1.165) is 22.9 Å². The molecule has 0 aliphatic heterocycles. The first kappa shape index (κ1) is 12.8. The topological polar surface area (TPSA) is 26.3 Å². The number of halogens is 1. The maximum absolute atomic E-state index is 10.5. The van der Waals surface area contributed by atoms with Crippen molar-refractivity contribution in [3.8, 4) is 11.8 Å². The van der Waals surface area contributed by atoms with Gasteiger partial charge in [0.05, 0.1) is 6.61 Å². The quantitative estimate of drug-likeness (QED) is 0.483. The van der Waals surface area contributed by atoms with Crippen molar-refractivity contribution in [1.82, 2.24) is 0 Å². The van der Waals surface area contributed by atoms with Crippen molar-refractivity contribution in [3.63, 3.8) is 0 Å². The fraction of sp³-hybridized carbons (Fsp3) is 0.308. The van der Waals surface area contributed by atoms with Gasteiger partial charge in [-0.15, -0.1) is 0 Å². The minimum atomic E-state index is -0.237. The first-order chi connectivity index (χ1) is 7.70. The highest BCUT2D eigenvalue weighted by Crippen LogP contribution is 2.14. The molecular weight excluding hydrogens is 268 g/mol. The van der Waals surface area contributed by atoms with Gasteiger partial charge in [0, 0.05) is 23.4 Å². The zero-order valence-corrected chi connectivity index (χ0v) is 10.7. The van der Waals surface area contributed by atoms with Crippen LogP contribution in [-0.2, 0) is 9.53 Å². The summed E-state index contributed by atoms with van der Waals surface area (Å²) in [5.41, 5.74) is 0.981. The Morgan fingerprint density at radius 2 is 2.19 bits per heavy atom. The SMILES string of the molecule is CC(=O)OCCCC#Cc1ccccc1Br. The van der Waals surface area contributed by atoms with Crippen molar-refractivity contribution >= 4 is 21.9 Å². The van der Waals surface area contributed by atoms with Crippen LogP contribution in [-0.4, -0.2) is 12.6 Å². The summed E-state index contributed by atoms with van der Waals surface area (Å²) in [6.45, 7) is 1.85. The molecule has 0 aliphatic carbocycles. The highest BCUT2D eigenvalue weighted by atomic mass is 79.9. The molecule has 1 aromatic rings. The van der Waals surface area contributed by atoms with E-state index in [1.807, 2.05) is 24.3 Å². The number of hydrogen-bond donors (Lipinski definition) is 0. The normalized spacial score (nSPS) is 9.12. The van der Waals surface area contributed by atoms with Gasteiger partial charge in [-0.2, -0.15) is 0 Å². The van der Waals surface area contributed by atoms with Gasteiger partial charge in [-0.3, -0.25) is 4.79 Å². The predicted octanol–water partition coefficient (Wildman–Crippen LogP) is 3.14. The molecule has 3 heteroatoms. The molecule has 0 saturated heterocycles. The molecule has 2 nitrogen and oxygen atoms in total. The number of ether oxygens (including phenoxy) is 1. The Labute approximate surface area is 104 Å². The molecule has 0 radical (unpaired) electrons. The highest BCUT2D eigenvalue weighted by Gasteiger charge is 1.93. The summed E-state index contributed by atoms with van der Waals surface area (Å²) >= 11 is 3.43. The zero-order chi connectivity index (χ0) is 11.8. The van der Waals surface area contributed by atoms with Gasteiger partial charge in [-0.25, -0.2) is 0 Å². The first-order valence-electron chi connectivity index (χ1n) is 5.07. The fourth-order valence-electron chi connectivity index (χ4n) is 1.10. The van der Waals surface area contributed by atoms with E-state index >= 15 is 0 Å². The Hall–Kier alpha value is -1.27. The molecule has 0 saturated carbocycles. The van der Waals surface area contributed by atoms with Crippen LogP contribution >= 0.6 is 15.9 Å². The van der Waals surface area contributed by atoms with Gasteiger partial charge in [-0.1, -0.05) is 24.0 Å². The number of carbonyl (C=O) groups excluding carboxylic acids is 1. The van der Waals surface area contributed by atoms with Crippen LogP contribution in [0.3, 0.4) is 0 Å². The summed E-state index contributed by atoms with van der Waals surface area (Å²) in [6, 6.07) is 7.83. The molecule has 0 bridgehead atoms. The zero-order valence-electron chi connectivity index (χ0n) is 9.13. The molecule has 0 fully saturated rings. The van der Waals surface area contributed by atoms with Crippen LogP contribution in [0.25, 0.3) is 0 Å². The van der Waals surface area contributed by atoms with Crippen LogP contribution in [0.4, 0.5) is 0 Å². The Morgan fingerprint density at radius 1 is 1.44 bits per heavy atom. The molecule has 84 valence electrons. The van der Waals surface area contributed by atoms with Gasteiger partial charge in [0.15, 0.2) is 0 Å². The van der Waals surface area contributed by atoms with Gasteiger partial charge >= 0.3 is 5.97 Å². The van der Waals surface area contributed by atoms with Crippen molar-refractivity contribution in [2.75, 3.05) is 6.61 Å². The molecule has 0 amide bonds. The van der Waals surface area contributed by atoms with E-state index in [4.69, 9.17) is 4.74 Å². The first-order valence-corrected chi connectivity index (χ1v) is 5.86.